The van der Waals surface area contributed by atoms with E-state index in [9.17, 15) is 22.8 Å². The molecule has 0 aliphatic carbocycles. The van der Waals surface area contributed by atoms with E-state index in [0.717, 1.165) is 17.7 Å². The Morgan fingerprint density at radius 3 is 2.50 bits per heavy atom. The number of carbonyl (C=O) groups is 2. The van der Waals surface area contributed by atoms with Crippen molar-refractivity contribution in [1.29, 1.82) is 0 Å². The summed E-state index contributed by atoms with van der Waals surface area (Å²) in [4.78, 5) is 24.1. The van der Waals surface area contributed by atoms with E-state index in [-0.39, 0.29) is 17.7 Å². The summed E-state index contributed by atoms with van der Waals surface area (Å²) in [5.41, 5.74) is 0.616. The van der Waals surface area contributed by atoms with Gasteiger partial charge in [0.25, 0.3) is 0 Å². The Hall–Kier alpha value is -2.98. The van der Waals surface area contributed by atoms with Gasteiger partial charge in [0.1, 0.15) is 15.9 Å². The lowest BCUT2D eigenvalue weighted by atomic mass is 10.1. The number of halogens is 4. The van der Waals surface area contributed by atoms with Crippen molar-refractivity contribution in [2.24, 2.45) is 0 Å². The van der Waals surface area contributed by atoms with Gasteiger partial charge in [-0.05, 0) is 18.2 Å². The molecule has 0 spiro atoms. The minimum absolute atomic E-state index is 0.0749. The molecule has 1 N–H and O–H groups in total. The van der Waals surface area contributed by atoms with E-state index < -0.39 is 29.7 Å². The van der Waals surface area contributed by atoms with Gasteiger partial charge in [0.05, 0.1) is 12.1 Å². The highest BCUT2D eigenvalue weighted by Gasteiger charge is 2.32. The summed E-state index contributed by atoms with van der Waals surface area (Å²) >= 11 is 6.63. The number of aromatic nitrogens is 2. The van der Waals surface area contributed by atoms with Gasteiger partial charge in [-0.3, -0.25) is 9.59 Å². The summed E-state index contributed by atoms with van der Waals surface area (Å²) in [7, 11) is 0. The maximum Gasteiger partial charge on any atom is 0.573 e. The van der Waals surface area contributed by atoms with Crippen LogP contribution in [0.1, 0.15) is 15.4 Å². The summed E-state index contributed by atoms with van der Waals surface area (Å²) in [6.45, 7) is 0. The van der Waals surface area contributed by atoms with Crippen molar-refractivity contribution in [3.8, 4) is 16.3 Å². The third-order valence-corrected chi connectivity index (χ3v) is 4.94. The Labute approximate surface area is 177 Å². The number of rotatable bonds is 7. The fourth-order valence-electron chi connectivity index (χ4n) is 2.46. The van der Waals surface area contributed by atoms with Crippen LogP contribution in [0.25, 0.3) is 10.6 Å². The van der Waals surface area contributed by atoms with E-state index in [4.69, 9.17) is 11.6 Å². The van der Waals surface area contributed by atoms with E-state index in [1.165, 1.54) is 17.4 Å². The molecule has 3 rings (SSSR count). The zero-order valence-corrected chi connectivity index (χ0v) is 16.6. The van der Waals surface area contributed by atoms with E-state index in [0.29, 0.717) is 10.0 Å². The number of ketones is 1. The monoisotopic (exact) mass is 455 g/mol. The highest BCUT2D eigenvalue weighted by Crippen LogP contribution is 2.32. The zero-order chi connectivity index (χ0) is 21.7. The highest BCUT2D eigenvalue weighted by molar-refractivity contribution is 7.14. The molecule has 156 valence electrons. The molecule has 3 aromatic rings. The Balaban J connectivity index is 1.81. The summed E-state index contributed by atoms with van der Waals surface area (Å²) in [6.07, 6.45) is -5.07. The van der Waals surface area contributed by atoms with Crippen LogP contribution in [0.5, 0.6) is 5.75 Å². The number of amides is 1. The second-order valence-corrected chi connectivity index (χ2v) is 7.24. The van der Waals surface area contributed by atoms with Crippen molar-refractivity contribution in [2.45, 2.75) is 12.8 Å². The predicted molar refractivity (Wildman–Crippen MR) is 106 cm³/mol. The van der Waals surface area contributed by atoms with Crippen LogP contribution in [0.2, 0.25) is 0 Å². The molecule has 0 unspecified atom stereocenters. The number of anilines is 1. The summed E-state index contributed by atoms with van der Waals surface area (Å²) in [5.74, 6) is -2.29. The second-order valence-electron chi connectivity index (χ2n) is 5.91. The number of hydrogen-bond donors (Lipinski definition) is 1. The number of nitrogens with zero attached hydrogens (tertiary/aromatic N) is 2. The van der Waals surface area contributed by atoms with Crippen LogP contribution < -0.4 is 10.1 Å². The lowest BCUT2D eigenvalue weighted by Crippen LogP contribution is -2.20. The van der Waals surface area contributed by atoms with Gasteiger partial charge in [0.15, 0.2) is 11.5 Å². The van der Waals surface area contributed by atoms with E-state index in [2.05, 4.69) is 20.3 Å². The molecule has 1 aromatic heterocycles. The van der Waals surface area contributed by atoms with Crippen molar-refractivity contribution in [3.05, 3.63) is 59.1 Å². The molecule has 0 aliphatic heterocycles. The first kappa shape index (κ1) is 21.7. The molecular formula is C19H13ClF3N3O3S. The normalized spacial score (nSPS) is 11.2. The number of carbonyl (C=O) groups excluding carboxylic acids is 2. The van der Waals surface area contributed by atoms with Crippen LogP contribution in [0.15, 0.2) is 48.5 Å². The van der Waals surface area contributed by atoms with Gasteiger partial charge in [-0.2, -0.15) is 0 Å². The average Bonchev–Trinajstić information content (AvgIpc) is 3.17. The second kappa shape index (κ2) is 9.23. The highest BCUT2D eigenvalue weighted by atomic mass is 35.5. The van der Waals surface area contributed by atoms with Gasteiger partial charge >= 0.3 is 6.36 Å². The van der Waals surface area contributed by atoms with Crippen LogP contribution in [0.3, 0.4) is 0 Å². The largest absolute Gasteiger partial charge is 0.573 e. The Morgan fingerprint density at radius 1 is 1.10 bits per heavy atom. The number of benzene rings is 2. The fourth-order valence-corrected chi connectivity index (χ4v) is 3.37. The fraction of sp³-hybridized carbons (Fsp3) is 0.158. The topological polar surface area (TPSA) is 81.2 Å². The minimum atomic E-state index is -4.97. The lowest BCUT2D eigenvalue weighted by Gasteiger charge is -2.14. The smallest absolute Gasteiger partial charge is 0.404 e. The molecule has 30 heavy (non-hydrogen) atoms. The minimum Gasteiger partial charge on any atom is -0.404 e. The van der Waals surface area contributed by atoms with E-state index in [1.54, 1.807) is 0 Å². The van der Waals surface area contributed by atoms with Crippen molar-refractivity contribution in [1.82, 2.24) is 10.2 Å². The van der Waals surface area contributed by atoms with Crippen molar-refractivity contribution in [3.63, 3.8) is 0 Å². The summed E-state index contributed by atoms with van der Waals surface area (Å²) in [5, 5.41) is 11.3. The van der Waals surface area contributed by atoms with Gasteiger partial charge in [-0.15, -0.1) is 35.0 Å². The van der Waals surface area contributed by atoms with E-state index in [1.807, 2.05) is 30.3 Å². The molecule has 0 atom stereocenters. The predicted octanol–water partition coefficient (Wildman–Crippen LogP) is 4.71. The van der Waals surface area contributed by atoms with Gasteiger partial charge < -0.3 is 10.1 Å². The molecule has 1 heterocycles. The van der Waals surface area contributed by atoms with Crippen LogP contribution in [0, 0.1) is 0 Å². The lowest BCUT2D eigenvalue weighted by molar-refractivity contribution is -0.274. The Morgan fingerprint density at radius 2 is 1.83 bits per heavy atom. The van der Waals surface area contributed by atoms with Crippen LogP contribution in [-0.4, -0.2) is 34.1 Å². The Bertz CT molecular complexity index is 1060. The first-order valence-corrected chi connectivity index (χ1v) is 9.77. The molecule has 0 fully saturated rings. The summed E-state index contributed by atoms with van der Waals surface area (Å²) < 4.78 is 41.7. The number of hydrogen-bond acceptors (Lipinski definition) is 6. The van der Waals surface area contributed by atoms with Crippen LogP contribution >= 0.6 is 22.9 Å². The average molecular weight is 456 g/mol. The maximum atomic E-state index is 12.6. The molecule has 0 saturated heterocycles. The molecule has 1 amide bonds. The molecule has 6 nitrogen and oxygen atoms in total. The first-order valence-electron chi connectivity index (χ1n) is 8.42. The third-order valence-electron chi connectivity index (χ3n) is 3.72. The molecule has 11 heteroatoms. The number of Topliss-reactive ketones (excluding diaryl/α,β-unsaturated/α-hetero) is 1. The van der Waals surface area contributed by atoms with Gasteiger partial charge in [0.2, 0.25) is 5.91 Å². The maximum absolute atomic E-state index is 12.6. The first-order chi connectivity index (χ1) is 14.2. The molecule has 0 bridgehead atoms. The Kier molecular flexibility index (Phi) is 6.68. The van der Waals surface area contributed by atoms with Crippen molar-refractivity contribution < 1.29 is 27.5 Å². The van der Waals surface area contributed by atoms with E-state index >= 15 is 0 Å². The SMILES string of the molecule is O=C(CCl)Nc1cc(C(=O)Cc2nnc(-c3ccccc3)s2)ccc1OC(F)(F)F. The standard InChI is InChI=1S/C19H13ClF3N3O3S/c20-10-16(28)24-13-8-12(6-7-15(13)29-19(21,22)23)14(27)9-17-25-26-18(30-17)11-4-2-1-3-5-11/h1-8H,9-10H2,(H,24,28). The van der Waals surface area contributed by atoms with Gasteiger partial charge in [-0.25, -0.2) is 0 Å². The molecule has 0 saturated carbocycles. The summed E-state index contributed by atoms with van der Waals surface area (Å²) in [6, 6.07) is 12.5. The molecule has 2 aromatic carbocycles. The third kappa shape index (κ3) is 5.77. The molecular weight excluding hydrogens is 443 g/mol. The van der Waals surface area contributed by atoms with Crippen LogP contribution in [0.4, 0.5) is 18.9 Å². The van der Waals surface area contributed by atoms with Gasteiger partial charge in [0, 0.05) is 11.1 Å². The zero-order valence-electron chi connectivity index (χ0n) is 15.1. The van der Waals surface area contributed by atoms with Crippen molar-refractivity contribution >= 4 is 40.3 Å². The van der Waals surface area contributed by atoms with Crippen LogP contribution in [-0.2, 0) is 11.2 Å². The molecule has 0 radical (unpaired) electrons. The quantitative estimate of drug-likeness (QED) is 0.412. The van der Waals surface area contributed by atoms with Gasteiger partial charge in [-0.1, -0.05) is 41.7 Å². The number of alkyl halides is 4. The number of ether oxygens (including phenoxy) is 1. The number of nitrogens with one attached hydrogen (secondary N) is 1. The molecule has 0 aliphatic rings. The van der Waals surface area contributed by atoms with Crippen molar-refractivity contribution in [2.75, 3.05) is 11.2 Å².